The van der Waals surface area contributed by atoms with Crippen molar-refractivity contribution in [2.24, 2.45) is 5.92 Å². The maximum absolute atomic E-state index is 12.2. The van der Waals surface area contributed by atoms with Crippen molar-refractivity contribution in [2.45, 2.75) is 25.8 Å². The van der Waals surface area contributed by atoms with E-state index >= 15 is 0 Å². The zero-order chi connectivity index (χ0) is 16.9. The van der Waals surface area contributed by atoms with Gasteiger partial charge in [-0.15, -0.1) is 12.4 Å². The van der Waals surface area contributed by atoms with Crippen LogP contribution in [-0.4, -0.2) is 47.7 Å². The molecule has 2 heterocycles. The van der Waals surface area contributed by atoms with E-state index in [9.17, 15) is 9.59 Å². The Labute approximate surface area is 152 Å². The lowest BCUT2D eigenvalue weighted by Crippen LogP contribution is -2.48. The number of nitrogens with zero attached hydrogens (tertiary/aromatic N) is 1. The molecule has 136 valence electrons. The van der Waals surface area contributed by atoms with Crippen molar-refractivity contribution in [3.05, 3.63) is 30.0 Å². The first-order valence-corrected chi connectivity index (χ1v) is 8.36. The number of H-pyrrole nitrogens is 1. The highest BCUT2D eigenvalue weighted by atomic mass is 35.5. The lowest BCUT2D eigenvalue weighted by atomic mass is 9.95. The van der Waals surface area contributed by atoms with Crippen LogP contribution in [0.25, 0.3) is 10.9 Å². The fraction of sp³-hybridized carbons (Fsp3) is 0.471. The highest BCUT2D eigenvalue weighted by Crippen LogP contribution is 2.14. The van der Waals surface area contributed by atoms with Crippen LogP contribution in [0.5, 0.6) is 0 Å². The van der Waals surface area contributed by atoms with Crippen molar-refractivity contribution in [3.63, 3.8) is 0 Å². The third-order valence-electron chi connectivity index (χ3n) is 4.45. The maximum Gasteiger partial charge on any atom is 0.272 e. The first-order chi connectivity index (χ1) is 11.6. The minimum atomic E-state index is -0.268. The fourth-order valence-electron chi connectivity index (χ4n) is 3.02. The third kappa shape index (κ3) is 4.70. The number of aromatic amines is 1. The van der Waals surface area contributed by atoms with Gasteiger partial charge in [-0.2, -0.15) is 5.10 Å². The van der Waals surface area contributed by atoms with E-state index in [0.717, 1.165) is 30.4 Å². The van der Waals surface area contributed by atoms with E-state index in [4.69, 9.17) is 0 Å². The number of para-hydroxylation sites is 1. The molecule has 25 heavy (non-hydrogen) atoms. The molecule has 2 atom stereocenters. The zero-order valence-corrected chi connectivity index (χ0v) is 15.0. The van der Waals surface area contributed by atoms with Gasteiger partial charge < -0.3 is 16.0 Å². The summed E-state index contributed by atoms with van der Waals surface area (Å²) < 4.78 is 0. The second-order valence-electron chi connectivity index (χ2n) is 6.27. The van der Waals surface area contributed by atoms with E-state index in [1.807, 2.05) is 24.3 Å². The zero-order valence-electron chi connectivity index (χ0n) is 14.2. The van der Waals surface area contributed by atoms with Crippen LogP contribution >= 0.6 is 12.4 Å². The van der Waals surface area contributed by atoms with Crippen LogP contribution in [0, 0.1) is 5.92 Å². The van der Waals surface area contributed by atoms with Crippen LogP contribution in [0.4, 0.5) is 0 Å². The molecule has 2 aromatic rings. The molecular weight excluding hydrogens is 342 g/mol. The van der Waals surface area contributed by atoms with Gasteiger partial charge in [0.1, 0.15) is 0 Å². The quantitative estimate of drug-likeness (QED) is 0.640. The monoisotopic (exact) mass is 365 g/mol. The second-order valence-corrected chi connectivity index (χ2v) is 6.27. The van der Waals surface area contributed by atoms with Gasteiger partial charge in [-0.3, -0.25) is 14.7 Å². The van der Waals surface area contributed by atoms with Crippen molar-refractivity contribution in [1.29, 1.82) is 0 Å². The predicted octanol–water partition coefficient (Wildman–Crippen LogP) is 1.22. The van der Waals surface area contributed by atoms with Crippen molar-refractivity contribution in [1.82, 2.24) is 26.1 Å². The number of fused-ring (bicyclic) bond motifs is 1. The van der Waals surface area contributed by atoms with E-state index in [1.165, 1.54) is 0 Å². The van der Waals surface area contributed by atoms with Gasteiger partial charge >= 0.3 is 0 Å². The van der Waals surface area contributed by atoms with E-state index < -0.39 is 0 Å². The number of benzene rings is 1. The van der Waals surface area contributed by atoms with E-state index in [-0.39, 0.29) is 36.7 Å². The molecule has 1 aromatic carbocycles. The summed E-state index contributed by atoms with van der Waals surface area (Å²) in [6.45, 7) is 4.28. The van der Waals surface area contributed by atoms with Gasteiger partial charge in [0, 0.05) is 24.4 Å². The number of halogens is 1. The Balaban J connectivity index is 0.00000225. The lowest BCUT2D eigenvalue weighted by Gasteiger charge is -2.30. The highest BCUT2D eigenvalue weighted by molar-refractivity contribution is 6.04. The maximum atomic E-state index is 12.2. The summed E-state index contributed by atoms with van der Waals surface area (Å²) in [5.41, 5.74) is 1.18. The smallest absolute Gasteiger partial charge is 0.272 e. The van der Waals surface area contributed by atoms with Gasteiger partial charge in [0.05, 0.1) is 5.52 Å². The minimum absolute atomic E-state index is 0. The average Bonchev–Trinajstić information content (AvgIpc) is 3.01. The van der Waals surface area contributed by atoms with Gasteiger partial charge in [0.2, 0.25) is 5.91 Å². The van der Waals surface area contributed by atoms with E-state index in [0.29, 0.717) is 18.2 Å². The topological polar surface area (TPSA) is 98.9 Å². The number of hydrogen-bond donors (Lipinski definition) is 4. The van der Waals surface area contributed by atoms with Gasteiger partial charge in [0.25, 0.3) is 5.91 Å². The largest absolute Gasteiger partial charge is 0.353 e. The lowest BCUT2D eigenvalue weighted by molar-refractivity contribution is -0.122. The van der Waals surface area contributed by atoms with Crippen LogP contribution in [0.1, 0.15) is 30.3 Å². The molecule has 0 spiro atoms. The summed E-state index contributed by atoms with van der Waals surface area (Å²) in [5.74, 6) is 0.129. The van der Waals surface area contributed by atoms with Crippen molar-refractivity contribution in [2.75, 3.05) is 19.6 Å². The molecule has 2 amide bonds. The Hall–Kier alpha value is -2.12. The molecule has 0 saturated carbocycles. The van der Waals surface area contributed by atoms with Crippen LogP contribution in [0.15, 0.2) is 24.3 Å². The number of nitrogens with one attached hydrogen (secondary N) is 4. The van der Waals surface area contributed by atoms with E-state index in [1.54, 1.807) is 0 Å². The molecule has 3 rings (SSSR count). The fourth-order valence-corrected chi connectivity index (χ4v) is 3.02. The molecule has 2 unspecified atom stereocenters. The van der Waals surface area contributed by atoms with Crippen molar-refractivity contribution < 1.29 is 9.59 Å². The van der Waals surface area contributed by atoms with Crippen molar-refractivity contribution in [3.8, 4) is 0 Å². The molecule has 1 aromatic heterocycles. The minimum Gasteiger partial charge on any atom is -0.353 e. The molecule has 1 aliphatic rings. The van der Waals surface area contributed by atoms with Gasteiger partial charge in [0.15, 0.2) is 5.69 Å². The predicted molar refractivity (Wildman–Crippen MR) is 98.9 cm³/mol. The first-order valence-electron chi connectivity index (χ1n) is 8.36. The number of carbonyl (C=O) groups is 2. The van der Waals surface area contributed by atoms with Gasteiger partial charge in [-0.05, 0) is 31.5 Å². The molecule has 7 nitrogen and oxygen atoms in total. The van der Waals surface area contributed by atoms with Crippen molar-refractivity contribution >= 4 is 35.1 Å². The number of rotatable bonds is 5. The number of amides is 2. The standard InChI is InChI=1S/C17H23N5O2.ClH/c1-11-10-18-8-6-13(11)20-15(23)7-9-19-17(24)16-12-4-2-3-5-14(12)21-22-16;/h2-5,11,13,18H,6-10H2,1H3,(H,19,24)(H,20,23)(H,21,22);1H. The Kier molecular flexibility index (Phi) is 6.78. The van der Waals surface area contributed by atoms with Crippen LogP contribution in [-0.2, 0) is 4.79 Å². The summed E-state index contributed by atoms with van der Waals surface area (Å²) >= 11 is 0. The Morgan fingerprint density at radius 1 is 1.32 bits per heavy atom. The summed E-state index contributed by atoms with van der Waals surface area (Å²) in [5, 5.41) is 16.8. The molecule has 1 fully saturated rings. The Morgan fingerprint density at radius 3 is 2.92 bits per heavy atom. The van der Waals surface area contributed by atoms with Crippen LogP contribution in [0.3, 0.4) is 0 Å². The number of carbonyl (C=O) groups excluding carboxylic acids is 2. The Bertz CT molecular complexity index is 733. The number of aromatic nitrogens is 2. The molecule has 0 bridgehead atoms. The molecule has 1 saturated heterocycles. The second kappa shape index (κ2) is 8.82. The average molecular weight is 366 g/mol. The molecule has 4 N–H and O–H groups in total. The number of hydrogen-bond acceptors (Lipinski definition) is 4. The Morgan fingerprint density at radius 2 is 2.12 bits per heavy atom. The molecule has 0 aliphatic carbocycles. The third-order valence-corrected chi connectivity index (χ3v) is 4.45. The summed E-state index contributed by atoms with van der Waals surface area (Å²) in [6, 6.07) is 7.67. The first kappa shape index (κ1) is 19.2. The molecule has 8 heteroatoms. The van der Waals surface area contributed by atoms with Gasteiger partial charge in [-0.25, -0.2) is 0 Å². The SMILES string of the molecule is CC1CNCCC1NC(=O)CCNC(=O)c1n[nH]c2ccccc12.Cl. The van der Waals surface area contributed by atoms with Crippen LogP contribution < -0.4 is 16.0 Å². The molecule has 0 radical (unpaired) electrons. The summed E-state index contributed by atoms with van der Waals surface area (Å²) in [6.07, 6.45) is 1.21. The number of piperidine rings is 1. The van der Waals surface area contributed by atoms with Gasteiger partial charge in [-0.1, -0.05) is 25.1 Å². The molecule has 1 aliphatic heterocycles. The normalized spacial score (nSPS) is 19.9. The highest BCUT2D eigenvalue weighted by Gasteiger charge is 2.22. The summed E-state index contributed by atoms with van der Waals surface area (Å²) in [7, 11) is 0. The van der Waals surface area contributed by atoms with E-state index in [2.05, 4.69) is 33.1 Å². The van der Waals surface area contributed by atoms with Crippen LogP contribution in [0.2, 0.25) is 0 Å². The molecular formula is C17H24ClN5O2. The summed E-state index contributed by atoms with van der Waals surface area (Å²) in [4.78, 5) is 24.2.